The van der Waals surface area contributed by atoms with E-state index in [0.717, 1.165) is 57.8 Å². The summed E-state index contributed by atoms with van der Waals surface area (Å²) in [5, 5.41) is 0.213. The van der Waals surface area contributed by atoms with Crippen molar-refractivity contribution in [1.82, 2.24) is 14.0 Å². The van der Waals surface area contributed by atoms with Crippen molar-refractivity contribution in [2.75, 3.05) is 26.4 Å². The number of hydrogen-bond donors (Lipinski definition) is 0. The molecule has 3 fully saturated rings. The Labute approximate surface area is 260 Å². The molecule has 45 heavy (non-hydrogen) atoms. The highest BCUT2D eigenvalue weighted by Gasteiger charge is 2.26. The largest absolute Gasteiger partial charge is 0.487 e. The van der Waals surface area contributed by atoms with Crippen LogP contribution in [0.2, 0.25) is 0 Å². The molecule has 2 aliphatic carbocycles. The predicted molar refractivity (Wildman–Crippen MR) is 166 cm³/mol. The van der Waals surface area contributed by atoms with Crippen molar-refractivity contribution < 1.29 is 27.8 Å². The van der Waals surface area contributed by atoms with Crippen LogP contribution in [0.3, 0.4) is 0 Å². The van der Waals surface area contributed by atoms with Gasteiger partial charge in [0.2, 0.25) is 6.41 Å². The summed E-state index contributed by atoms with van der Waals surface area (Å²) in [5.74, 6) is 1.45. The topological polar surface area (TPSA) is 92.0 Å². The minimum absolute atomic E-state index is 0.00576. The molecule has 1 aliphatic heterocycles. The van der Waals surface area contributed by atoms with Gasteiger partial charge in [-0.3, -0.25) is 18.7 Å². The molecule has 1 amide bonds. The summed E-state index contributed by atoms with van der Waals surface area (Å²) in [4.78, 5) is 41.1. The van der Waals surface area contributed by atoms with Crippen molar-refractivity contribution >= 4 is 17.3 Å². The van der Waals surface area contributed by atoms with Crippen LogP contribution in [0.25, 0.3) is 10.9 Å². The number of piperidine rings is 1. The normalized spacial score (nSPS) is 18.2. The lowest BCUT2D eigenvalue weighted by molar-refractivity contribution is -0.119. The van der Waals surface area contributed by atoms with E-state index in [1.807, 2.05) is 18.2 Å². The van der Waals surface area contributed by atoms with Gasteiger partial charge in [-0.05, 0) is 100 Å². The highest BCUT2D eigenvalue weighted by Crippen LogP contribution is 2.36. The Balaban J connectivity index is 1.40. The number of carbonyl (C=O) groups is 1. The molecule has 11 heteroatoms. The lowest BCUT2D eigenvalue weighted by Gasteiger charge is -2.31. The standard InChI is InChI=1S/C34H41F2N3O6/c35-19-28(20-36)43-27-10-11-30-29(18-27)33(41)38(34(42)39(30)24-13-15-37(22-40)16-14-24)21-23-9-12-31(44-25-5-1-2-6-25)32(17-23)45-26-7-3-4-8-26/h9-12,17-18,22,24-26,28H,1-8,13-16,19-21H2. The average molecular weight is 626 g/mol. The number of likely N-dealkylation sites (tertiary alicyclic amines) is 1. The fourth-order valence-corrected chi connectivity index (χ4v) is 6.87. The van der Waals surface area contributed by atoms with Crippen LogP contribution < -0.4 is 25.5 Å². The van der Waals surface area contributed by atoms with Crippen molar-refractivity contribution in [3.8, 4) is 17.2 Å². The molecule has 9 nitrogen and oxygen atoms in total. The van der Waals surface area contributed by atoms with Crippen LogP contribution >= 0.6 is 0 Å². The van der Waals surface area contributed by atoms with Gasteiger partial charge in [-0.1, -0.05) is 6.07 Å². The van der Waals surface area contributed by atoms with Gasteiger partial charge >= 0.3 is 5.69 Å². The van der Waals surface area contributed by atoms with Gasteiger partial charge in [0.15, 0.2) is 17.6 Å². The number of alkyl halides is 2. The molecule has 1 aromatic heterocycles. The van der Waals surface area contributed by atoms with Gasteiger partial charge in [-0.2, -0.15) is 0 Å². The quantitative estimate of drug-likeness (QED) is 0.253. The van der Waals surface area contributed by atoms with E-state index in [9.17, 15) is 23.2 Å². The molecule has 0 bridgehead atoms. The third-order valence-electron chi connectivity index (χ3n) is 9.34. The molecule has 2 aromatic carbocycles. The first-order valence-electron chi connectivity index (χ1n) is 16.2. The predicted octanol–water partition coefficient (Wildman–Crippen LogP) is 5.33. The second-order valence-corrected chi connectivity index (χ2v) is 12.5. The summed E-state index contributed by atoms with van der Waals surface area (Å²) in [5.41, 5.74) is 0.148. The van der Waals surface area contributed by atoms with Crippen LogP contribution in [0.5, 0.6) is 17.2 Å². The Kier molecular flexibility index (Phi) is 9.70. The molecule has 0 unspecified atom stereocenters. The zero-order chi connectivity index (χ0) is 31.3. The van der Waals surface area contributed by atoms with Crippen molar-refractivity contribution in [3.63, 3.8) is 0 Å². The minimum atomic E-state index is -1.29. The number of ether oxygens (including phenoxy) is 3. The molecular formula is C34H41F2N3O6. The monoisotopic (exact) mass is 625 g/mol. The Morgan fingerprint density at radius 1 is 0.822 bits per heavy atom. The Bertz CT molecular complexity index is 1600. The van der Waals surface area contributed by atoms with Gasteiger partial charge < -0.3 is 19.1 Å². The van der Waals surface area contributed by atoms with Crippen LogP contribution in [0.4, 0.5) is 8.78 Å². The molecule has 1 saturated heterocycles. The van der Waals surface area contributed by atoms with Crippen molar-refractivity contribution in [2.24, 2.45) is 0 Å². The van der Waals surface area contributed by atoms with E-state index >= 15 is 0 Å². The number of hydrogen-bond acceptors (Lipinski definition) is 6. The van der Waals surface area contributed by atoms with Crippen molar-refractivity contribution in [1.29, 1.82) is 0 Å². The van der Waals surface area contributed by atoms with Gasteiger partial charge in [0.25, 0.3) is 5.56 Å². The van der Waals surface area contributed by atoms with E-state index in [2.05, 4.69) is 0 Å². The summed E-state index contributed by atoms with van der Waals surface area (Å²) >= 11 is 0. The van der Waals surface area contributed by atoms with E-state index in [0.29, 0.717) is 48.5 Å². The molecule has 0 atom stereocenters. The van der Waals surface area contributed by atoms with Crippen LogP contribution in [-0.2, 0) is 11.3 Å². The number of nitrogens with zero attached hydrogens (tertiary/aromatic N) is 3. The number of carbonyl (C=O) groups excluding carboxylic acids is 1. The third kappa shape index (κ3) is 6.87. The van der Waals surface area contributed by atoms with Gasteiger partial charge in [-0.25, -0.2) is 13.6 Å². The number of amides is 1. The third-order valence-corrected chi connectivity index (χ3v) is 9.34. The van der Waals surface area contributed by atoms with Crippen molar-refractivity contribution in [3.05, 3.63) is 62.8 Å². The molecule has 3 aromatic rings. The number of fused-ring (bicyclic) bond motifs is 1. The molecule has 0 spiro atoms. The fraction of sp³-hybridized carbons (Fsp3) is 0.559. The van der Waals surface area contributed by atoms with Crippen LogP contribution in [0, 0.1) is 0 Å². The molecule has 3 aliphatic rings. The first-order valence-corrected chi connectivity index (χ1v) is 16.2. The van der Waals surface area contributed by atoms with Gasteiger partial charge in [-0.15, -0.1) is 0 Å². The summed E-state index contributed by atoms with van der Waals surface area (Å²) in [6.45, 7) is -1.06. The lowest BCUT2D eigenvalue weighted by atomic mass is 10.0. The summed E-state index contributed by atoms with van der Waals surface area (Å²) in [6.07, 6.45) is 9.32. The summed E-state index contributed by atoms with van der Waals surface area (Å²) < 4.78 is 47.6. The smallest absolute Gasteiger partial charge is 0.332 e. The molecule has 0 radical (unpaired) electrons. The van der Waals surface area contributed by atoms with Crippen LogP contribution in [0.15, 0.2) is 46.0 Å². The zero-order valence-electron chi connectivity index (χ0n) is 25.5. The van der Waals surface area contributed by atoms with E-state index in [-0.39, 0.29) is 35.9 Å². The Hall–Kier alpha value is -3.89. The highest BCUT2D eigenvalue weighted by molar-refractivity contribution is 5.80. The molecule has 242 valence electrons. The lowest BCUT2D eigenvalue weighted by Crippen LogP contribution is -2.44. The molecule has 2 heterocycles. The first kappa shape index (κ1) is 31.1. The van der Waals surface area contributed by atoms with Gasteiger partial charge in [0.05, 0.1) is 29.7 Å². The molecule has 6 rings (SSSR count). The van der Waals surface area contributed by atoms with E-state index in [4.69, 9.17) is 14.2 Å². The molecule has 2 saturated carbocycles. The maximum Gasteiger partial charge on any atom is 0.332 e. The second-order valence-electron chi connectivity index (χ2n) is 12.5. The van der Waals surface area contributed by atoms with Crippen LogP contribution in [-0.4, -0.2) is 65.2 Å². The Morgan fingerprint density at radius 3 is 2.09 bits per heavy atom. The Morgan fingerprint density at radius 2 is 1.47 bits per heavy atom. The first-order chi connectivity index (χ1) is 22.0. The summed E-state index contributed by atoms with van der Waals surface area (Å²) in [6, 6.07) is 9.94. The number of halogens is 2. The number of aromatic nitrogens is 2. The summed E-state index contributed by atoms with van der Waals surface area (Å²) in [7, 11) is 0. The maximum atomic E-state index is 14.1. The highest BCUT2D eigenvalue weighted by atomic mass is 19.1. The SMILES string of the molecule is O=CN1CCC(n2c(=O)n(Cc3ccc(OC4CCCC4)c(OC4CCCC4)c3)c(=O)c3cc(OC(CF)CF)ccc32)CC1. The van der Waals surface area contributed by atoms with E-state index in [1.165, 1.54) is 16.7 Å². The minimum Gasteiger partial charge on any atom is -0.487 e. The number of rotatable bonds is 12. The van der Waals surface area contributed by atoms with Gasteiger partial charge in [0.1, 0.15) is 19.1 Å². The van der Waals surface area contributed by atoms with E-state index in [1.54, 1.807) is 15.5 Å². The maximum absolute atomic E-state index is 14.1. The van der Waals surface area contributed by atoms with Gasteiger partial charge in [0, 0.05) is 19.1 Å². The van der Waals surface area contributed by atoms with Crippen molar-refractivity contribution in [2.45, 2.75) is 95.1 Å². The molecular weight excluding hydrogens is 584 g/mol. The fourth-order valence-electron chi connectivity index (χ4n) is 6.87. The number of benzene rings is 2. The average Bonchev–Trinajstić information content (AvgIpc) is 3.78. The van der Waals surface area contributed by atoms with Crippen LogP contribution in [0.1, 0.15) is 75.8 Å². The second kappa shape index (κ2) is 14.0. The van der Waals surface area contributed by atoms with E-state index < -0.39 is 30.7 Å². The zero-order valence-corrected chi connectivity index (χ0v) is 25.5. The molecule has 0 N–H and O–H groups in total.